The van der Waals surface area contributed by atoms with Gasteiger partial charge in [-0.1, -0.05) is 0 Å². The van der Waals surface area contributed by atoms with Crippen LogP contribution >= 0.6 is 0 Å². The Kier molecular flexibility index (Phi) is 14.9. The highest BCUT2D eigenvalue weighted by atomic mass is 16.7. The molecule has 0 unspecified atom stereocenters. The van der Waals surface area contributed by atoms with Gasteiger partial charge < -0.3 is 19.7 Å². The Morgan fingerprint density at radius 1 is 1.08 bits per heavy atom. The Morgan fingerprint density at radius 3 is 1.58 bits per heavy atom. The molecule has 0 spiro atoms. The molecule has 4 nitrogen and oxygen atoms in total. The van der Waals surface area contributed by atoms with Gasteiger partial charge in [-0.3, -0.25) is 0 Å². The van der Waals surface area contributed by atoms with Gasteiger partial charge in [0.25, 0.3) is 5.95 Å². The Balaban J connectivity index is 0. The average molecular weight is 178 g/mol. The lowest BCUT2D eigenvalue weighted by Gasteiger charge is -2.04. The van der Waals surface area contributed by atoms with Gasteiger partial charge in [0.2, 0.25) is 0 Å². The van der Waals surface area contributed by atoms with Gasteiger partial charge in [0.15, 0.2) is 0 Å². The van der Waals surface area contributed by atoms with Crippen LogP contribution in [-0.2, 0) is 9.47 Å². The first-order chi connectivity index (χ1) is 5.72. The minimum absolute atomic E-state index is 0.125. The van der Waals surface area contributed by atoms with Crippen molar-refractivity contribution in [2.45, 2.75) is 13.8 Å². The molecule has 0 aromatic rings. The van der Waals surface area contributed by atoms with E-state index >= 15 is 0 Å². The van der Waals surface area contributed by atoms with E-state index in [9.17, 15) is 0 Å². The summed E-state index contributed by atoms with van der Waals surface area (Å²) < 4.78 is 9.73. The normalized spacial score (nSPS) is 8.00. The second-order valence-electron chi connectivity index (χ2n) is 1.69. The van der Waals surface area contributed by atoms with E-state index in [4.69, 9.17) is 19.7 Å². The molecular formula is C8H18O4. The monoisotopic (exact) mass is 178 g/mol. The van der Waals surface area contributed by atoms with Gasteiger partial charge in [-0.15, -0.1) is 0 Å². The quantitative estimate of drug-likeness (QED) is 0.602. The molecule has 0 amide bonds. The van der Waals surface area contributed by atoms with Gasteiger partial charge in [-0.05, 0) is 20.4 Å². The van der Waals surface area contributed by atoms with Crippen molar-refractivity contribution in [1.29, 1.82) is 0 Å². The predicted octanol–water partition coefficient (Wildman–Crippen LogP) is 0.502. The smallest absolute Gasteiger partial charge is 0.271 e. The lowest BCUT2D eigenvalue weighted by Crippen LogP contribution is -1.94. The van der Waals surface area contributed by atoms with Crippen molar-refractivity contribution in [2.24, 2.45) is 0 Å². The third kappa shape index (κ3) is 16.1. The SMILES string of the molecule is C=C(OCC)OCC.OCCO. The zero-order chi connectivity index (χ0) is 9.82. The standard InChI is InChI=1S/C6H12O2.C2H6O2/c1-4-7-6(3)8-5-2;3-1-2-4/h3-5H2,1-2H3;3-4H,1-2H2. The largest absolute Gasteiger partial charge is 0.466 e. The lowest BCUT2D eigenvalue weighted by molar-refractivity contribution is 0.0486. The minimum Gasteiger partial charge on any atom is -0.466 e. The van der Waals surface area contributed by atoms with Crippen LogP contribution in [0.25, 0.3) is 0 Å². The van der Waals surface area contributed by atoms with E-state index in [1.165, 1.54) is 0 Å². The molecule has 0 saturated carbocycles. The summed E-state index contributed by atoms with van der Waals surface area (Å²) in [7, 11) is 0. The second kappa shape index (κ2) is 12.9. The fourth-order valence-corrected chi connectivity index (χ4v) is 0.364. The van der Waals surface area contributed by atoms with E-state index in [-0.39, 0.29) is 13.2 Å². The molecule has 0 aliphatic rings. The van der Waals surface area contributed by atoms with Crippen molar-refractivity contribution in [3.8, 4) is 0 Å². The van der Waals surface area contributed by atoms with E-state index in [1.807, 2.05) is 13.8 Å². The summed E-state index contributed by atoms with van der Waals surface area (Å²) in [4.78, 5) is 0. The Morgan fingerprint density at radius 2 is 1.42 bits per heavy atom. The molecule has 0 saturated heterocycles. The van der Waals surface area contributed by atoms with Crippen LogP contribution in [0, 0.1) is 0 Å². The fourth-order valence-electron chi connectivity index (χ4n) is 0.364. The molecule has 74 valence electrons. The van der Waals surface area contributed by atoms with Gasteiger partial charge in [-0.2, -0.15) is 0 Å². The Bertz CT molecular complexity index is 83.1. The van der Waals surface area contributed by atoms with Crippen molar-refractivity contribution in [3.05, 3.63) is 12.5 Å². The van der Waals surface area contributed by atoms with E-state index in [1.54, 1.807) is 0 Å². The molecule has 0 bridgehead atoms. The maximum absolute atomic E-state index is 7.62. The molecular weight excluding hydrogens is 160 g/mol. The van der Waals surface area contributed by atoms with E-state index < -0.39 is 0 Å². The van der Waals surface area contributed by atoms with Crippen LogP contribution in [0.2, 0.25) is 0 Å². The summed E-state index contributed by atoms with van der Waals surface area (Å²) in [5.74, 6) is 0.412. The Labute approximate surface area is 73.4 Å². The number of hydrogen-bond acceptors (Lipinski definition) is 4. The van der Waals surface area contributed by atoms with Crippen molar-refractivity contribution < 1.29 is 19.7 Å². The first-order valence-electron chi connectivity index (χ1n) is 3.89. The molecule has 0 aliphatic heterocycles. The molecule has 0 heterocycles. The minimum atomic E-state index is -0.125. The van der Waals surface area contributed by atoms with Crippen LogP contribution in [0.5, 0.6) is 0 Å². The van der Waals surface area contributed by atoms with E-state index in [0.29, 0.717) is 19.2 Å². The zero-order valence-corrected chi connectivity index (χ0v) is 7.75. The zero-order valence-electron chi connectivity index (χ0n) is 7.75. The maximum atomic E-state index is 7.62. The summed E-state index contributed by atoms with van der Waals surface area (Å²) >= 11 is 0. The number of aliphatic hydroxyl groups excluding tert-OH is 2. The van der Waals surface area contributed by atoms with Crippen LogP contribution in [0.4, 0.5) is 0 Å². The van der Waals surface area contributed by atoms with Crippen LogP contribution < -0.4 is 0 Å². The van der Waals surface area contributed by atoms with Crippen LogP contribution in [0.15, 0.2) is 12.5 Å². The molecule has 0 radical (unpaired) electrons. The van der Waals surface area contributed by atoms with Crippen molar-refractivity contribution in [3.63, 3.8) is 0 Å². The van der Waals surface area contributed by atoms with Gasteiger partial charge in [0.05, 0.1) is 26.4 Å². The predicted molar refractivity (Wildman–Crippen MR) is 46.6 cm³/mol. The van der Waals surface area contributed by atoms with Gasteiger partial charge in [0, 0.05) is 0 Å². The maximum Gasteiger partial charge on any atom is 0.271 e. The molecule has 0 atom stereocenters. The van der Waals surface area contributed by atoms with Crippen LogP contribution in [0.3, 0.4) is 0 Å². The summed E-state index contributed by atoms with van der Waals surface area (Å²) in [6, 6.07) is 0. The van der Waals surface area contributed by atoms with Crippen LogP contribution in [-0.4, -0.2) is 36.6 Å². The summed E-state index contributed by atoms with van der Waals surface area (Å²) in [6.45, 7) is 8.27. The molecule has 12 heavy (non-hydrogen) atoms. The molecule has 0 aliphatic carbocycles. The number of hydrogen-bond donors (Lipinski definition) is 2. The van der Waals surface area contributed by atoms with Gasteiger partial charge in [-0.25, -0.2) is 0 Å². The number of ether oxygens (including phenoxy) is 2. The molecule has 0 rings (SSSR count). The number of aliphatic hydroxyl groups is 2. The lowest BCUT2D eigenvalue weighted by atomic mass is 10.8. The molecule has 0 aromatic carbocycles. The third-order valence-electron chi connectivity index (χ3n) is 0.711. The van der Waals surface area contributed by atoms with Gasteiger partial charge >= 0.3 is 0 Å². The highest BCUT2D eigenvalue weighted by molar-refractivity contribution is 4.65. The third-order valence-corrected chi connectivity index (χ3v) is 0.711. The first kappa shape index (κ1) is 13.8. The van der Waals surface area contributed by atoms with Crippen molar-refractivity contribution >= 4 is 0 Å². The molecule has 2 N–H and O–H groups in total. The van der Waals surface area contributed by atoms with Gasteiger partial charge in [0.1, 0.15) is 0 Å². The van der Waals surface area contributed by atoms with Crippen molar-refractivity contribution in [1.82, 2.24) is 0 Å². The molecule has 0 aromatic heterocycles. The van der Waals surface area contributed by atoms with E-state index in [0.717, 1.165) is 0 Å². The first-order valence-corrected chi connectivity index (χ1v) is 3.89. The van der Waals surface area contributed by atoms with Crippen LogP contribution in [0.1, 0.15) is 13.8 Å². The second-order valence-corrected chi connectivity index (χ2v) is 1.69. The fraction of sp³-hybridized carbons (Fsp3) is 0.750. The van der Waals surface area contributed by atoms with Crippen molar-refractivity contribution in [2.75, 3.05) is 26.4 Å². The average Bonchev–Trinajstić information content (AvgIpc) is 2.06. The summed E-state index contributed by atoms with van der Waals surface area (Å²) in [6.07, 6.45) is 0. The van der Waals surface area contributed by atoms with E-state index in [2.05, 4.69) is 6.58 Å². The highest BCUT2D eigenvalue weighted by Gasteiger charge is 1.86. The Hall–Kier alpha value is -0.740. The highest BCUT2D eigenvalue weighted by Crippen LogP contribution is 1.92. The molecule has 4 heteroatoms. The summed E-state index contributed by atoms with van der Waals surface area (Å²) in [5.41, 5.74) is 0. The topological polar surface area (TPSA) is 58.9 Å². The molecule has 0 fully saturated rings. The number of rotatable bonds is 5. The summed E-state index contributed by atoms with van der Waals surface area (Å²) in [5, 5.41) is 15.2.